The van der Waals surface area contributed by atoms with Crippen molar-refractivity contribution >= 4 is 17.4 Å². The lowest BCUT2D eigenvalue weighted by Gasteiger charge is -2.37. The first-order valence-corrected chi connectivity index (χ1v) is 9.15. The molecule has 0 unspecified atom stereocenters. The van der Waals surface area contributed by atoms with Gasteiger partial charge in [0.15, 0.2) is 17.3 Å². The highest BCUT2D eigenvalue weighted by atomic mass is 35.5. The number of nitrogens with zero attached hydrogens (tertiary/aromatic N) is 2. The van der Waals surface area contributed by atoms with Crippen LogP contribution in [0.25, 0.3) is 0 Å². The molecule has 0 spiro atoms. The van der Waals surface area contributed by atoms with Crippen LogP contribution >= 0.6 is 11.6 Å². The molecule has 0 radical (unpaired) electrons. The number of nitrogens with two attached hydrogens (primary N) is 1. The fourth-order valence-corrected chi connectivity index (χ4v) is 4.03. The first-order valence-electron chi connectivity index (χ1n) is 8.78. The van der Waals surface area contributed by atoms with Crippen LogP contribution in [-0.4, -0.2) is 31.4 Å². The van der Waals surface area contributed by atoms with E-state index in [-0.39, 0.29) is 17.4 Å². The summed E-state index contributed by atoms with van der Waals surface area (Å²) < 4.78 is 10.9. The second kappa shape index (κ2) is 7.88. The zero-order chi connectivity index (χ0) is 20.4. The Morgan fingerprint density at radius 3 is 2.82 bits per heavy atom. The highest BCUT2D eigenvalue weighted by molar-refractivity contribution is 6.32. The lowest BCUT2D eigenvalue weighted by molar-refractivity contribution is -0.116. The highest BCUT2D eigenvalue weighted by Crippen LogP contribution is 2.47. The van der Waals surface area contributed by atoms with Crippen molar-refractivity contribution < 1.29 is 14.3 Å². The Balaban J connectivity index is 2.21. The molecule has 6 nitrogen and oxygen atoms in total. The third kappa shape index (κ3) is 3.17. The molecule has 3 rings (SSSR count). The van der Waals surface area contributed by atoms with Crippen molar-refractivity contribution in [2.75, 3.05) is 20.8 Å². The fraction of sp³-hybridized carbons (Fsp3) is 0.333. The van der Waals surface area contributed by atoms with Crippen molar-refractivity contribution in [1.29, 1.82) is 5.26 Å². The minimum atomic E-state index is -0.600. The number of Topliss-reactive ketones (excluding diaryl/α,β-unsaturated/α-hetero) is 1. The second-order valence-corrected chi connectivity index (χ2v) is 6.97. The SMILES string of the molecule is C#CCOc1c(Cl)cc([C@@H]2C(C#N)=C(N)N(C)C3=C2C(=O)CCC3)cc1OC. The Morgan fingerprint density at radius 2 is 2.18 bits per heavy atom. The zero-order valence-electron chi connectivity index (χ0n) is 15.7. The lowest BCUT2D eigenvalue weighted by atomic mass is 9.76. The average Bonchev–Trinajstić information content (AvgIpc) is 2.69. The van der Waals surface area contributed by atoms with Crippen LogP contribution in [0.2, 0.25) is 5.02 Å². The van der Waals surface area contributed by atoms with Crippen molar-refractivity contribution in [1.82, 2.24) is 4.90 Å². The molecule has 2 aliphatic rings. The number of ketones is 1. The summed E-state index contributed by atoms with van der Waals surface area (Å²) in [4.78, 5) is 14.5. The number of terminal acetylenes is 1. The van der Waals surface area contributed by atoms with E-state index < -0.39 is 5.92 Å². The third-order valence-electron chi connectivity index (χ3n) is 5.05. The molecule has 1 atom stereocenters. The molecule has 0 bridgehead atoms. The predicted octanol–water partition coefficient (Wildman–Crippen LogP) is 3.09. The molecule has 7 heteroatoms. The van der Waals surface area contributed by atoms with E-state index in [0.29, 0.717) is 40.5 Å². The number of nitriles is 1. The van der Waals surface area contributed by atoms with Gasteiger partial charge in [-0.3, -0.25) is 4.79 Å². The number of carbonyl (C=O) groups is 1. The van der Waals surface area contributed by atoms with Crippen LogP contribution < -0.4 is 15.2 Å². The van der Waals surface area contributed by atoms with E-state index in [4.69, 9.17) is 33.2 Å². The number of carbonyl (C=O) groups excluding carboxylic acids is 1. The highest BCUT2D eigenvalue weighted by Gasteiger charge is 2.39. The van der Waals surface area contributed by atoms with Crippen LogP contribution in [0.15, 0.2) is 34.8 Å². The summed E-state index contributed by atoms with van der Waals surface area (Å²) in [5, 5.41) is 10.1. The molecule has 1 heterocycles. The van der Waals surface area contributed by atoms with Gasteiger partial charge in [-0.2, -0.15) is 5.26 Å². The Hall–Kier alpha value is -3.09. The molecular weight excluding hydrogens is 378 g/mol. The third-order valence-corrected chi connectivity index (χ3v) is 5.33. The Labute approximate surface area is 169 Å². The van der Waals surface area contributed by atoms with Crippen LogP contribution in [0, 0.1) is 23.7 Å². The second-order valence-electron chi connectivity index (χ2n) is 6.57. The number of benzene rings is 1. The summed E-state index contributed by atoms with van der Waals surface area (Å²) in [5.41, 5.74) is 8.64. The van der Waals surface area contributed by atoms with E-state index in [1.807, 2.05) is 0 Å². The molecule has 1 aromatic rings. The number of ether oxygens (including phenoxy) is 2. The number of rotatable bonds is 4. The predicted molar refractivity (Wildman–Crippen MR) is 106 cm³/mol. The van der Waals surface area contributed by atoms with Crippen LogP contribution in [0.5, 0.6) is 11.5 Å². The molecule has 0 aromatic heterocycles. The molecule has 0 fully saturated rings. The van der Waals surface area contributed by atoms with E-state index in [0.717, 1.165) is 18.5 Å². The summed E-state index contributed by atoms with van der Waals surface area (Å²) >= 11 is 6.42. The Morgan fingerprint density at radius 1 is 1.43 bits per heavy atom. The topological polar surface area (TPSA) is 88.6 Å². The normalized spacial score (nSPS) is 19.1. The van der Waals surface area contributed by atoms with Gasteiger partial charge >= 0.3 is 0 Å². The van der Waals surface area contributed by atoms with Gasteiger partial charge in [-0.1, -0.05) is 17.5 Å². The minimum Gasteiger partial charge on any atom is -0.493 e. The number of hydrogen-bond donors (Lipinski definition) is 1. The summed E-state index contributed by atoms with van der Waals surface area (Å²) in [6, 6.07) is 5.56. The van der Waals surface area contributed by atoms with Gasteiger partial charge < -0.3 is 20.1 Å². The molecule has 28 heavy (non-hydrogen) atoms. The zero-order valence-corrected chi connectivity index (χ0v) is 16.5. The maximum Gasteiger partial charge on any atom is 0.181 e. The molecule has 0 saturated carbocycles. The van der Waals surface area contributed by atoms with Crippen molar-refractivity contribution in [2.24, 2.45) is 5.73 Å². The molecule has 1 aliphatic carbocycles. The van der Waals surface area contributed by atoms with Crippen LogP contribution in [0.4, 0.5) is 0 Å². The summed E-state index contributed by atoms with van der Waals surface area (Å²) in [6.45, 7) is 0.0354. The van der Waals surface area contributed by atoms with Gasteiger partial charge in [-0.05, 0) is 30.5 Å². The lowest BCUT2D eigenvalue weighted by Crippen LogP contribution is -2.36. The molecule has 1 aliphatic heterocycles. The molecule has 144 valence electrons. The van der Waals surface area contributed by atoms with E-state index in [1.165, 1.54) is 7.11 Å². The smallest absolute Gasteiger partial charge is 0.181 e. The van der Waals surface area contributed by atoms with E-state index in [2.05, 4.69) is 12.0 Å². The molecule has 0 amide bonds. The van der Waals surface area contributed by atoms with Crippen LogP contribution in [0.1, 0.15) is 30.7 Å². The van der Waals surface area contributed by atoms with Gasteiger partial charge in [-0.25, -0.2) is 0 Å². The standard InChI is InChI=1S/C21H20ClN3O3/c1-4-8-28-20-14(22)9-12(10-17(20)27-3)18-13(11-23)21(24)25(2)15-6-5-7-16(26)19(15)18/h1,9-10,18H,5-8,24H2,2-3H3/t18-/m1/s1. The van der Waals surface area contributed by atoms with E-state index in [9.17, 15) is 10.1 Å². The monoisotopic (exact) mass is 397 g/mol. The van der Waals surface area contributed by atoms with E-state index >= 15 is 0 Å². The molecule has 0 saturated heterocycles. The number of allylic oxidation sites excluding steroid dienone is 3. The van der Waals surface area contributed by atoms with Crippen molar-refractivity contribution in [3.63, 3.8) is 0 Å². The summed E-state index contributed by atoms with van der Waals surface area (Å²) in [6.07, 6.45) is 7.18. The van der Waals surface area contributed by atoms with Crippen LogP contribution in [0.3, 0.4) is 0 Å². The largest absolute Gasteiger partial charge is 0.493 e. The van der Waals surface area contributed by atoms with Gasteiger partial charge in [-0.15, -0.1) is 6.42 Å². The summed E-state index contributed by atoms with van der Waals surface area (Å²) in [7, 11) is 3.26. The maximum atomic E-state index is 12.8. The average molecular weight is 398 g/mol. The Kier molecular flexibility index (Phi) is 5.53. The van der Waals surface area contributed by atoms with Crippen molar-refractivity contribution in [3.05, 3.63) is 45.4 Å². The molecule has 1 aromatic carbocycles. The van der Waals surface area contributed by atoms with E-state index in [1.54, 1.807) is 24.1 Å². The quantitative estimate of drug-likeness (QED) is 0.785. The number of hydrogen-bond acceptors (Lipinski definition) is 6. The van der Waals surface area contributed by atoms with Crippen LogP contribution in [-0.2, 0) is 4.79 Å². The number of methoxy groups -OCH3 is 1. The van der Waals surface area contributed by atoms with Gasteiger partial charge in [0.1, 0.15) is 12.4 Å². The van der Waals surface area contributed by atoms with Gasteiger partial charge in [0.05, 0.1) is 29.7 Å². The van der Waals surface area contributed by atoms with Crippen molar-refractivity contribution in [2.45, 2.75) is 25.2 Å². The van der Waals surface area contributed by atoms with Gasteiger partial charge in [0.25, 0.3) is 0 Å². The Bertz CT molecular complexity index is 982. The maximum absolute atomic E-state index is 12.8. The van der Waals surface area contributed by atoms with Gasteiger partial charge in [0.2, 0.25) is 0 Å². The number of halogens is 1. The first kappa shape index (κ1) is 19.7. The summed E-state index contributed by atoms with van der Waals surface area (Å²) in [5.74, 6) is 2.82. The molecule has 2 N–H and O–H groups in total. The molecular formula is C21H20ClN3O3. The minimum absolute atomic E-state index is 0.0149. The fourth-order valence-electron chi connectivity index (χ4n) is 3.76. The van der Waals surface area contributed by atoms with Crippen molar-refractivity contribution in [3.8, 4) is 29.9 Å². The van der Waals surface area contributed by atoms with Gasteiger partial charge in [0, 0.05) is 24.7 Å². The first-order chi connectivity index (χ1) is 13.4.